The second kappa shape index (κ2) is 15.2. The maximum Gasteiger partial charge on any atom is 0.179 e. The molecule has 62 heavy (non-hydrogen) atoms. The van der Waals surface area contributed by atoms with Crippen molar-refractivity contribution in [2.75, 3.05) is 9.80 Å². The second-order valence-corrected chi connectivity index (χ2v) is 20.7. The lowest BCUT2D eigenvalue weighted by molar-refractivity contribution is 0.663. The molecule has 0 saturated carbocycles. The fourth-order valence-corrected chi connectivity index (χ4v) is 15.0. The van der Waals surface area contributed by atoms with Crippen molar-refractivity contribution >= 4 is 84.5 Å². The largest absolute Gasteiger partial charge is 0.311 e. The summed E-state index contributed by atoms with van der Waals surface area (Å²) in [7, 11) is -2.71. The highest BCUT2D eigenvalue weighted by molar-refractivity contribution is 7.19. The molecular weight excluding hydrogens is 765 g/mol. The van der Waals surface area contributed by atoms with Gasteiger partial charge >= 0.3 is 0 Å². The van der Waals surface area contributed by atoms with E-state index >= 15 is 0 Å². The standard InChI is InChI=1S/C59H46N2Si/c1-59(2)55-30-18-19-43-31-32-44-41-50(42-56(59)58(44)57(43)55)61(48-35-33-47(34-36-48)60(45-20-8-3-9-21-45)46-22-10-4-11-23-46)49-37-39-54(40-38-49)62(51-24-12-5-13-25-51,52-26-14-6-15-27-52)53-28-16-7-17-29-53/h3-42H,1-2H3. The summed E-state index contributed by atoms with van der Waals surface area (Å²) in [5, 5.41) is 10.8. The van der Waals surface area contributed by atoms with E-state index < -0.39 is 8.07 Å². The first kappa shape index (κ1) is 37.5. The summed E-state index contributed by atoms with van der Waals surface area (Å²) in [6.07, 6.45) is 0. The van der Waals surface area contributed by atoms with Gasteiger partial charge in [-0.05, 0) is 126 Å². The topological polar surface area (TPSA) is 6.48 Å². The average Bonchev–Trinajstić information content (AvgIpc) is 3.57. The summed E-state index contributed by atoms with van der Waals surface area (Å²) in [4.78, 5) is 4.78. The summed E-state index contributed by atoms with van der Waals surface area (Å²) in [6, 6.07) is 89.7. The van der Waals surface area contributed by atoms with Crippen molar-refractivity contribution in [2.24, 2.45) is 0 Å². The fourth-order valence-electron chi connectivity index (χ4n) is 10.2. The lowest BCUT2D eigenvalue weighted by Crippen LogP contribution is -2.74. The molecule has 0 radical (unpaired) electrons. The minimum atomic E-state index is -2.71. The molecule has 0 heterocycles. The smallest absolute Gasteiger partial charge is 0.179 e. The van der Waals surface area contributed by atoms with E-state index in [9.17, 15) is 0 Å². The maximum absolute atomic E-state index is 2.71. The van der Waals surface area contributed by atoms with Crippen LogP contribution in [0.5, 0.6) is 0 Å². The molecular formula is C59H46N2Si. The van der Waals surface area contributed by atoms with Gasteiger partial charge in [0.15, 0.2) is 8.07 Å². The Balaban J connectivity index is 1.10. The van der Waals surface area contributed by atoms with Crippen LogP contribution in [-0.4, -0.2) is 8.07 Å². The Kier molecular flexibility index (Phi) is 9.21. The van der Waals surface area contributed by atoms with Crippen LogP contribution in [0.1, 0.15) is 25.0 Å². The zero-order valence-electron chi connectivity index (χ0n) is 35.0. The van der Waals surface area contributed by atoms with E-state index in [1.165, 1.54) is 53.4 Å². The third kappa shape index (κ3) is 6.08. The fraction of sp³-hybridized carbons (Fsp3) is 0.0508. The number of para-hydroxylation sites is 2. The molecule has 0 N–H and O–H groups in total. The van der Waals surface area contributed by atoms with Crippen LogP contribution in [0.4, 0.5) is 34.1 Å². The molecule has 0 aliphatic heterocycles. The number of nitrogens with zero attached hydrogens (tertiary/aromatic N) is 2. The SMILES string of the molecule is CC1(C)c2cccc3ccc4cc(N(c5ccc(N(c6ccccc6)c6ccccc6)cc5)c5ccc([Si](c6ccccc6)(c6ccccc6)c6ccccc6)cc5)cc1c4c23. The van der Waals surface area contributed by atoms with Crippen molar-refractivity contribution < 1.29 is 0 Å². The van der Waals surface area contributed by atoms with Gasteiger partial charge in [0.1, 0.15) is 0 Å². The zero-order chi connectivity index (χ0) is 41.7. The van der Waals surface area contributed by atoms with E-state index in [0.29, 0.717) is 0 Å². The summed E-state index contributed by atoms with van der Waals surface area (Å²) in [5.74, 6) is 0. The van der Waals surface area contributed by atoms with E-state index in [-0.39, 0.29) is 5.41 Å². The minimum absolute atomic E-state index is 0.144. The van der Waals surface area contributed by atoms with Crippen LogP contribution in [0, 0.1) is 0 Å². The molecule has 2 nitrogen and oxygen atoms in total. The second-order valence-electron chi connectivity index (χ2n) is 16.9. The number of rotatable bonds is 10. The van der Waals surface area contributed by atoms with Gasteiger partial charge in [0.05, 0.1) is 0 Å². The molecule has 0 amide bonds. The van der Waals surface area contributed by atoms with Crippen LogP contribution in [0.15, 0.2) is 243 Å². The highest BCUT2D eigenvalue weighted by atomic mass is 28.3. The van der Waals surface area contributed by atoms with Gasteiger partial charge in [-0.15, -0.1) is 0 Å². The molecule has 0 fully saturated rings. The highest BCUT2D eigenvalue weighted by Crippen LogP contribution is 2.51. The van der Waals surface area contributed by atoms with E-state index in [2.05, 4.69) is 266 Å². The van der Waals surface area contributed by atoms with Gasteiger partial charge in [-0.2, -0.15) is 0 Å². The van der Waals surface area contributed by atoms with Crippen molar-refractivity contribution in [1.82, 2.24) is 0 Å². The monoisotopic (exact) mass is 810 g/mol. The van der Waals surface area contributed by atoms with Gasteiger partial charge in [-0.3, -0.25) is 0 Å². The van der Waals surface area contributed by atoms with Crippen LogP contribution in [0.25, 0.3) is 21.5 Å². The van der Waals surface area contributed by atoms with E-state index in [1.54, 1.807) is 0 Å². The Morgan fingerprint density at radius 3 is 1.15 bits per heavy atom. The molecule has 0 spiro atoms. The Bertz CT molecular complexity index is 3030. The third-order valence-electron chi connectivity index (χ3n) is 13.1. The molecule has 11 rings (SSSR count). The third-order valence-corrected chi connectivity index (χ3v) is 17.9. The summed E-state index contributed by atoms with van der Waals surface area (Å²) < 4.78 is 0. The van der Waals surface area contributed by atoms with Crippen molar-refractivity contribution in [1.29, 1.82) is 0 Å². The minimum Gasteiger partial charge on any atom is -0.311 e. The Labute approximate surface area is 365 Å². The van der Waals surface area contributed by atoms with Crippen molar-refractivity contribution in [3.63, 3.8) is 0 Å². The Morgan fingerprint density at radius 2 is 0.661 bits per heavy atom. The molecule has 0 atom stereocenters. The molecule has 0 aromatic heterocycles. The number of hydrogen-bond donors (Lipinski definition) is 0. The van der Waals surface area contributed by atoms with Gasteiger partial charge in [-0.25, -0.2) is 0 Å². The first-order chi connectivity index (χ1) is 30.5. The predicted octanol–water partition coefficient (Wildman–Crippen LogP) is 12.9. The number of anilines is 6. The van der Waals surface area contributed by atoms with Gasteiger partial charge in [0.25, 0.3) is 0 Å². The molecule has 10 aromatic rings. The molecule has 296 valence electrons. The Hall–Kier alpha value is -7.46. The Morgan fingerprint density at radius 1 is 0.290 bits per heavy atom. The molecule has 0 unspecified atom stereocenters. The van der Waals surface area contributed by atoms with Crippen LogP contribution >= 0.6 is 0 Å². The first-order valence-corrected chi connectivity index (χ1v) is 23.6. The lowest BCUT2D eigenvalue weighted by atomic mass is 9.81. The van der Waals surface area contributed by atoms with E-state index in [0.717, 1.165) is 34.1 Å². The van der Waals surface area contributed by atoms with Crippen molar-refractivity contribution in [3.8, 4) is 0 Å². The molecule has 0 saturated heterocycles. The molecule has 10 aromatic carbocycles. The molecule has 0 bridgehead atoms. The average molecular weight is 811 g/mol. The molecule has 3 heteroatoms. The van der Waals surface area contributed by atoms with Crippen molar-refractivity contribution in [2.45, 2.75) is 19.3 Å². The van der Waals surface area contributed by atoms with Crippen LogP contribution in [-0.2, 0) is 5.41 Å². The number of benzene rings is 10. The highest BCUT2D eigenvalue weighted by Gasteiger charge is 2.41. The van der Waals surface area contributed by atoms with E-state index in [1.807, 2.05) is 0 Å². The molecule has 1 aliphatic carbocycles. The van der Waals surface area contributed by atoms with Crippen LogP contribution in [0.3, 0.4) is 0 Å². The molecule has 1 aliphatic rings. The van der Waals surface area contributed by atoms with Crippen LogP contribution in [0.2, 0.25) is 0 Å². The summed E-state index contributed by atoms with van der Waals surface area (Å²) >= 11 is 0. The normalized spacial score (nSPS) is 12.8. The van der Waals surface area contributed by atoms with E-state index in [4.69, 9.17) is 0 Å². The van der Waals surface area contributed by atoms with Gasteiger partial charge in [-0.1, -0.05) is 184 Å². The number of hydrogen-bond acceptors (Lipinski definition) is 2. The quantitative estimate of drug-likeness (QED) is 0.0771. The summed E-state index contributed by atoms with van der Waals surface area (Å²) in [5.41, 5.74) is 9.33. The lowest BCUT2D eigenvalue weighted by Gasteiger charge is -2.35. The van der Waals surface area contributed by atoms with Gasteiger partial charge < -0.3 is 9.80 Å². The zero-order valence-corrected chi connectivity index (χ0v) is 36.0. The predicted molar refractivity (Wildman–Crippen MR) is 267 cm³/mol. The first-order valence-electron chi connectivity index (χ1n) is 21.6. The van der Waals surface area contributed by atoms with Gasteiger partial charge in [0, 0.05) is 39.5 Å². The van der Waals surface area contributed by atoms with Gasteiger partial charge in [0.2, 0.25) is 0 Å². The maximum atomic E-state index is 2.46. The van der Waals surface area contributed by atoms with Crippen molar-refractivity contribution in [3.05, 3.63) is 254 Å². The summed E-state index contributed by atoms with van der Waals surface area (Å²) in [6.45, 7) is 4.77. The van der Waals surface area contributed by atoms with Crippen LogP contribution < -0.4 is 30.5 Å².